The lowest BCUT2D eigenvalue weighted by atomic mass is 9.57. The maximum atomic E-state index is 14.3. The van der Waals surface area contributed by atoms with Crippen molar-refractivity contribution in [2.24, 2.45) is 11.8 Å². The van der Waals surface area contributed by atoms with Crippen LogP contribution in [0.3, 0.4) is 0 Å². The molecule has 4 atom stereocenters. The lowest BCUT2D eigenvalue weighted by molar-refractivity contribution is -0.153. The van der Waals surface area contributed by atoms with Crippen LogP contribution < -0.4 is 9.47 Å². The zero-order chi connectivity index (χ0) is 36.1. The first kappa shape index (κ1) is 34.1. The topological polar surface area (TPSA) is 154 Å². The number of ether oxygens (including phenoxy) is 2. The number of nitrogens with zero attached hydrogens (tertiary/aromatic N) is 1. The normalized spacial score (nSPS) is 22.4. The molecule has 3 aromatic rings. The van der Waals surface area contributed by atoms with E-state index in [1.165, 1.54) is 4.90 Å². The van der Waals surface area contributed by atoms with Crippen molar-refractivity contribution in [2.75, 3.05) is 28.3 Å². The van der Waals surface area contributed by atoms with Crippen LogP contribution in [-0.2, 0) is 20.8 Å². The number of rotatable bonds is 4. The maximum absolute atomic E-state index is 14.3. The van der Waals surface area contributed by atoms with Gasteiger partial charge in [-0.1, -0.05) is 23.7 Å². The molecule has 0 aromatic heterocycles. The highest BCUT2D eigenvalue weighted by molar-refractivity contribution is 6.25. The Hall–Kier alpha value is -5.81. The Morgan fingerprint density at radius 1 is 0.860 bits per heavy atom. The summed E-state index contributed by atoms with van der Waals surface area (Å²) in [5, 5.41) is 46.7. The van der Waals surface area contributed by atoms with Crippen LogP contribution in [0.25, 0.3) is 5.76 Å². The average molecular weight is 674 g/mol. The SMILES string of the molecule is COc1ccc(C#Cc2cc(C#Cc3ccc(OC)cc3)c3c(c2O)C(O)=C2C(=O)C4(O)C(O)=C(C(C)=O)C(=O)C(N(C)C)C4CC2C3)cc1. The molecule has 10 nitrogen and oxygen atoms in total. The summed E-state index contributed by atoms with van der Waals surface area (Å²) in [7, 11) is 6.29. The molecule has 4 unspecified atom stereocenters. The number of hydrogen-bond acceptors (Lipinski definition) is 10. The van der Waals surface area contributed by atoms with Gasteiger partial charge < -0.3 is 29.9 Å². The Morgan fingerprint density at radius 2 is 1.40 bits per heavy atom. The van der Waals surface area contributed by atoms with Crippen LogP contribution in [0.4, 0.5) is 0 Å². The van der Waals surface area contributed by atoms with Gasteiger partial charge in [-0.3, -0.25) is 19.3 Å². The molecule has 3 aromatic carbocycles. The van der Waals surface area contributed by atoms with Crippen LogP contribution in [0.5, 0.6) is 17.2 Å². The van der Waals surface area contributed by atoms with Crippen LogP contribution in [-0.4, -0.2) is 82.6 Å². The number of likely N-dealkylation sites (N-methyl/N-ethyl adjacent to an activating group) is 1. The van der Waals surface area contributed by atoms with Gasteiger partial charge in [-0.25, -0.2) is 0 Å². The molecule has 0 bridgehead atoms. The summed E-state index contributed by atoms with van der Waals surface area (Å²) in [6.07, 6.45) is 0.105. The summed E-state index contributed by atoms with van der Waals surface area (Å²) in [6.45, 7) is 1.07. The minimum Gasteiger partial charge on any atom is -0.508 e. The van der Waals surface area contributed by atoms with E-state index >= 15 is 0 Å². The average Bonchev–Trinajstić information content (AvgIpc) is 3.09. The smallest absolute Gasteiger partial charge is 0.202 e. The lowest BCUT2D eigenvalue weighted by Gasteiger charge is -2.50. The van der Waals surface area contributed by atoms with E-state index in [-0.39, 0.29) is 29.5 Å². The molecular weight excluding hydrogens is 638 g/mol. The van der Waals surface area contributed by atoms with E-state index in [1.54, 1.807) is 82.9 Å². The highest BCUT2D eigenvalue weighted by Crippen LogP contribution is 2.53. The fraction of sp³-hybridized carbons (Fsp3) is 0.275. The number of carbonyl (C=O) groups excluding carboxylic acids is 3. The van der Waals surface area contributed by atoms with Gasteiger partial charge in [-0.05, 0) is 99.9 Å². The van der Waals surface area contributed by atoms with E-state index in [2.05, 4.69) is 23.7 Å². The third-order valence-corrected chi connectivity index (χ3v) is 9.69. The van der Waals surface area contributed by atoms with Crippen molar-refractivity contribution < 1.29 is 44.3 Å². The number of fused-ring (bicyclic) bond motifs is 3. The molecule has 4 N–H and O–H groups in total. The molecule has 10 heteroatoms. The zero-order valence-electron chi connectivity index (χ0n) is 28.1. The molecule has 1 saturated carbocycles. The minimum absolute atomic E-state index is 0.00393. The standard InChI is InChI=1S/C40H35NO9/c1-21(42)31-37(45)34(41(2)3)30-20-26-19-29-24(12-6-22-8-14-27(49-4)15-9-22)18-25(13-7-23-10-16-28(50-5)17-11-23)35(43)33(29)36(44)32(26)39(47)40(30,48)38(31)46/h8-11,14-18,26,30,34,43-44,46,48H,19-20H2,1-5H3. The van der Waals surface area contributed by atoms with E-state index in [9.17, 15) is 34.8 Å². The molecule has 3 aliphatic rings. The van der Waals surface area contributed by atoms with Crippen molar-refractivity contribution in [1.29, 1.82) is 0 Å². The minimum atomic E-state index is -2.67. The Kier molecular flexibility index (Phi) is 8.79. The fourth-order valence-corrected chi connectivity index (χ4v) is 7.25. The van der Waals surface area contributed by atoms with E-state index in [0.717, 1.165) is 6.92 Å². The predicted molar refractivity (Wildman–Crippen MR) is 184 cm³/mol. The highest BCUT2D eigenvalue weighted by atomic mass is 16.5. The van der Waals surface area contributed by atoms with E-state index in [1.807, 2.05) is 0 Å². The molecule has 3 aliphatic carbocycles. The number of Topliss-reactive ketones (excluding diaryl/α,β-unsaturated/α-hetero) is 3. The van der Waals surface area contributed by atoms with Gasteiger partial charge in [-0.2, -0.15) is 0 Å². The molecule has 0 spiro atoms. The van der Waals surface area contributed by atoms with E-state index in [4.69, 9.17) is 9.47 Å². The van der Waals surface area contributed by atoms with Crippen molar-refractivity contribution in [1.82, 2.24) is 4.90 Å². The molecule has 254 valence electrons. The third kappa shape index (κ3) is 5.49. The Bertz CT molecular complexity index is 2140. The Balaban J connectivity index is 1.55. The van der Waals surface area contributed by atoms with Crippen LogP contribution >= 0.6 is 0 Å². The summed E-state index contributed by atoms with van der Waals surface area (Å²) in [5.41, 5.74) is -1.29. The van der Waals surface area contributed by atoms with E-state index in [0.29, 0.717) is 33.8 Å². The van der Waals surface area contributed by atoms with Gasteiger partial charge in [0.05, 0.1) is 31.4 Å². The summed E-state index contributed by atoms with van der Waals surface area (Å²) < 4.78 is 10.5. The number of benzene rings is 3. The summed E-state index contributed by atoms with van der Waals surface area (Å²) in [5.74, 6) is 7.11. The molecule has 0 amide bonds. The van der Waals surface area contributed by atoms with Gasteiger partial charge in [-0.15, -0.1) is 0 Å². The quantitative estimate of drug-likeness (QED) is 0.237. The van der Waals surface area contributed by atoms with Crippen molar-refractivity contribution in [3.63, 3.8) is 0 Å². The first-order chi connectivity index (χ1) is 23.8. The number of hydrogen-bond donors (Lipinski definition) is 4. The fourth-order valence-electron chi connectivity index (χ4n) is 7.25. The molecule has 0 heterocycles. The van der Waals surface area contributed by atoms with Gasteiger partial charge in [0.15, 0.2) is 17.2 Å². The monoisotopic (exact) mass is 673 g/mol. The summed E-state index contributed by atoms with van der Waals surface area (Å²) in [6, 6.07) is 14.6. The number of phenols is 1. The highest BCUT2D eigenvalue weighted by Gasteiger charge is 2.64. The van der Waals surface area contributed by atoms with Crippen molar-refractivity contribution in [2.45, 2.75) is 31.4 Å². The maximum Gasteiger partial charge on any atom is 0.202 e. The predicted octanol–water partition coefficient (Wildman–Crippen LogP) is 3.88. The van der Waals surface area contributed by atoms with Crippen LogP contribution in [0, 0.1) is 35.5 Å². The molecule has 1 fully saturated rings. The van der Waals surface area contributed by atoms with Crippen LogP contribution in [0.2, 0.25) is 0 Å². The Labute approximate surface area is 289 Å². The largest absolute Gasteiger partial charge is 0.508 e. The molecule has 0 saturated heterocycles. The van der Waals surface area contributed by atoms with E-state index < -0.39 is 63.7 Å². The number of carbonyl (C=O) groups is 3. The number of phenolic OH excluding ortho intramolecular Hbond substituents is 1. The molecule has 50 heavy (non-hydrogen) atoms. The second-order valence-electron chi connectivity index (χ2n) is 12.8. The molecular formula is C40H35NO9. The number of aliphatic hydroxyl groups is 3. The molecule has 0 radical (unpaired) electrons. The van der Waals surface area contributed by atoms with Crippen molar-refractivity contribution in [3.8, 4) is 40.9 Å². The summed E-state index contributed by atoms with van der Waals surface area (Å²) in [4.78, 5) is 41.9. The Morgan fingerprint density at radius 3 is 1.90 bits per heavy atom. The van der Waals surface area contributed by atoms with Crippen LogP contribution in [0.15, 0.2) is 71.5 Å². The summed E-state index contributed by atoms with van der Waals surface area (Å²) >= 11 is 0. The van der Waals surface area contributed by atoms with Gasteiger partial charge in [0.2, 0.25) is 5.78 Å². The van der Waals surface area contributed by atoms with Crippen LogP contribution in [0.1, 0.15) is 46.7 Å². The van der Waals surface area contributed by atoms with Crippen molar-refractivity contribution in [3.05, 3.63) is 105 Å². The van der Waals surface area contributed by atoms with Gasteiger partial charge in [0, 0.05) is 28.2 Å². The third-order valence-electron chi connectivity index (χ3n) is 9.69. The molecule has 6 rings (SSSR count). The second kappa shape index (κ2) is 12.9. The molecule has 0 aliphatic heterocycles. The van der Waals surface area contributed by atoms with Crippen molar-refractivity contribution >= 4 is 23.1 Å². The first-order valence-corrected chi connectivity index (χ1v) is 15.9. The first-order valence-electron chi connectivity index (χ1n) is 15.9. The second-order valence-corrected chi connectivity index (χ2v) is 12.8. The number of methoxy groups -OCH3 is 2. The van der Waals surface area contributed by atoms with Gasteiger partial charge in [0.25, 0.3) is 0 Å². The number of aromatic hydroxyl groups is 1. The zero-order valence-corrected chi connectivity index (χ0v) is 28.1. The lowest BCUT2D eigenvalue weighted by Crippen LogP contribution is -2.65. The number of aliphatic hydroxyl groups excluding tert-OH is 2. The van der Waals surface area contributed by atoms with Gasteiger partial charge in [0.1, 0.15) is 34.3 Å². The number of ketones is 3. The van der Waals surface area contributed by atoms with Gasteiger partial charge >= 0.3 is 0 Å².